The molecule has 9 rings (SSSR count). The van der Waals surface area contributed by atoms with Gasteiger partial charge in [0.25, 0.3) is 0 Å². The summed E-state index contributed by atoms with van der Waals surface area (Å²) in [5.41, 5.74) is 4.34. The zero-order chi connectivity index (χ0) is 29.6. The smallest absolute Gasteiger partial charge is 0.212 e. The maximum atomic E-state index is 9.79. The van der Waals surface area contributed by atoms with Gasteiger partial charge in [-0.2, -0.15) is 10.4 Å². The number of rotatable bonds is 9. The van der Waals surface area contributed by atoms with Crippen LogP contribution in [0.15, 0.2) is 55.1 Å². The minimum Gasteiger partial charge on any atom is -0.491 e. The number of hydrogen-bond donors (Lipinski definition) is 0. The molecule has 5 saturated heterocycles. The second kappa shape index (κ2) is 11.4. The van der Waals surface area contributed by atoms with Crippen molar-refractivity contribution in [2.24, 2.45) is 11.8 Å². The van der Waals surface area contributed by atoms with Gasteiger partial charge in [0, 0.05) is 92.8 Å². The van der Waals surface area contributed by atoms with Crippen molar-refractivity contribution >= 4 is 11.3 Å². The van der Waals surface area contributed by atoms with E-state index in [1.807, 2.05) is 30.7 Å². The maximum absolute atomic E-state index is 9.79. The molecule has 0 amide bonds. The quantitative estimate of drug-likeness (QED) is 0.288. The van der Waals surface area contributed by atoms with Crippen LogP contribution >= 0.6 is 0 Å². The lowest BCUT2D eigenvalue weighted by molar-refractivity contribution is -0.00876. The maximum Gasteiger partial charge on any atom is 0.212 e. The van der Waals surface area contributed by atoms with Crippen LogP contribution in [0, 0.1) is 23.2 Å². The third-order valence-corrected chi connectivity index (χ3v) is 9.80. The van der Waals surface area contributed by atoms with Gasteiger partial charge in [-0.25, -0.2) is 14.5 Å². The summed E-state index contributed by atoms with van der Waals surface area (Å²) in [5, 5.41) is 14.2. The highest BCUT2D eigenvalue weighted by Crippen LogP contribution is 2.37. The molecule has 0 saturated carbocycles. The Morgan fingerprint density at radius 2 is 1.84 bits per heavy atom. The van der Waals surface area contributed by atoms with Gasteiger partial charge in [-0.15, -0.1) is 0 Å². The largest absolute Gasteiger partial charge is 0.491 e. The molecule has 11 heteroatoms. The molecule has 4 unspecified atom stereocenters. The van der Waals surface area contributed by atoms with Crippen molar-refractivity contribution in [3.8, 4) is 28.8 Å². The van der Waals surface area contributed by atoms with Crippen molar-refractivity contribution in [1.82, 2.24) is 29.4 Å². The molecule has 0 aliphatic carbocycles. The number of anilines is 1. The zero-order valence-corrected chi connectivity index (χ0v) is 24.9. The van der Waals surface area contributed by atoms with Crippen LogP contribution < -0.4 is 14.4 Å². The molecule has 5 aliphatic heterocycles. The Morgan fingerprint density at radius 3 is 2.55 bits per heavy atom. The monoisotopic (exact) mass is 592 g/mol. The van der Waals surface area contributed by atoms with Crippen LogP contribution in [0.25, 0.3) is 16.6 Å². The van der Waals surface area contributed by atoms with Crippen molar-refractivity contribution in [2.75, 3.05) is 64.6 Å². The molecule has 4 atom stereocenters. The molecule has 5 fully saturated rings. The standard InChI is InChI=1S/C33H36N8O3/c1-42-32-5-2-22(11-36-32)14-40-27-8-28(40)18-39(17-27)31-4-3-23(12-35-31)30-9-29(19-41-33(30)24(10-34)13-37-41)44-7-6-38-15-25-20-43-21-26(25)16-38/h2-5,9,11-13,19,25-28H,6-8,14-18,20-21H2,1H3. The second-order valence-corrected chi connectivity index (χ2v) is 12.5. The van der Waals surface area contributed by atoms with Crippen molar-refractivity contribution in [3.05, 3.63) is 66.2 Å². The van der Waals surface area contributed by atoms with Gasteiger partial charge in [0.05, 0.1) is 43.8 Å². The normalized spacial score (nSPS) is 24.7. The molecular weight excluding hydrogens is 556 g/mol. The Bertz CT molecular complexity index is 1660. The fourth-order valence-corrected chi connectivity index (χ4v) is 7.44. The number of likely N-dealkylation sites (tertiary alicyclic amines) is 1. The minimum atomic E-state index is 0.504. The summed E-state index contributed by atoms with van der Waals surface area (Å²) in [6.07, 6.45) is 8.52. The number of nitriles is 1. The molecule has 2 bridgehead atoms. The van der Waals surface area contributed by atoms with Gasteiger partial charge in [-0.05, 0) is 30.2 Å². The molecule has 5 aliphatic rings. The van der Waals surface area contributed by atoms with Gasteiger partial charge in [0.2, 0.25) is 5.88 Å². The van der Waals surface area contributed by atoms with Crippen molar-refractivity contribution in [1.29, 1.82) is 5.26 Å². The number of piperidine rings is 1. The lowest BCUT2D eigenvalue weighted by Crippen LogP contribution is -2.68. The van der Waals surface area contributed by atoms with E-state index in [2.05, 4.69) is 49.1 Å². The van der Waals surface area contributed by atoms with E-state index in [9.17, 15) is 5.26 Å². The zero-order valence-electron chi connectivity index (χ0n) is 24.9. The van der Waals surface area contributed by atoms with Crippen molar-refractivity contribution in [2.45, 2.75) is 25.0 Å². The Morgan fingerprint density at radius 1 is 1.00 bits per heavy atom. The summed E-state index contributed by atoms with van der Waals surface area (Å²) < 4.78 is 18.8. The fraction of sp³-hybridized carbons (Fsp3) is 0.455. The highest BCUT2D eigenvalue weighted by molar-refractivity contribution is 5.85. The molecule has 4 aromatic heterocycles. The summed E-state index contributed by atoms with van der Waals surface area (Å²) >= 11 is 0. The summed E-state index contributed by atoms with van der Waals surface area (Å²) in [5.74, 6) is 3.68. The highest BCUT2D eigenvalue weighted by Gasteiger charge is 2.44. The summed E-state index contributed by atoms with van der Waals surface area (Å²) in [6, 6.07) is 13.5. The third kappa shape index (κ3) is 5.03. The number of aromatic nitrogens is 4. The van der Waals surface area contributed by atoms with Gasteiger partial charge in [-0.3, -0.25) is 9.80 Å². The Labute approximate surface area is 256 Å². The molecule has 0 N–H and O–H groups in total. The molecule has 4 aromatic rings. The number of hydrogen-bond acceptors (Lipinski definition) is 10. The molecule has 0 aromatic carbocycles. The Kier molecular flexibility index (Phi) is 7.05. The topological polar surface area (TPSA) is 104 Å². The van der Waals surface area contributed by atoms with Crippen LogP contribution in [0.2, 0.25) is 0 Å². The molecule has 44 heavy (non-hydrogen) atoms. The van der Waals surface area contributed by atoms with Crippen molar-refractivity contribution in [3.63, 3.8) is 0 Å². The number of piperazine rings is 1. The average molecular weight is 593 g/mol. The van der Waals surface area contributed by atoms with Gasteiger partial charge in [0.15, 0.2) is 0 Å². The van der Waals surface area contributed by atoms with E-state index in [1.54, 1.807) is 17.8 Å². The molecule has 11 nitrogen and oxygen atoms in total. The Balaban J connectivity index is 0.950. The van der Waals surface area contributed by atoms with E-state index in [-0.39, 0.29) is 0 Å². The summed E-state index contributed by atoms with van der Waals surface area (Å²) in [6.45, 7) is 8.21. The second-order valence-electron chi connectivity index (χ2n) is 12.5. The number of fused-ring (bicyclic) bond motifs is 4. The van der Waals surface area contributed by atoms with E-state index in [4.69, 9.17) is 19.2 Å². The lowest BCUT2D eigenvalue weighted by Gasteiger charge is -2.56. The first-order valence-corrected chi connectivity index (χ1v) is 15.5. The van der Waals surface area contributed by atoms with Crippen molar-refractivity contribution < 1.29 is 14.2 Å². The van der Waals surface area contributed by atoms with Crippen LogP contribution in [0.4, 0.5) is 5.82 Å². The van der Waals surface area contributed by atoms with Gasteiger partial charge >= 0.3 is 0 Å². The molecule has 0 spiro atoms. The van der Waals surface area contributed by atoms with Gasteiger partial charge in [0.1, 0.15) is 24.2 Å². The minimum absolute atomic E-state index is 0.504. The fourth-order valence-electron chi connectivity index (χ4n) is 7.44. The molecular formula is C33H36N8O3. The van der Waals surface area contributed by atoms with E-state index >= 15 is 0 Å². The molecule has 226 valence electrons. The first-order valence-electron chi connectivity index (χ1n) is 15.5. The van der Waals surface area contributed by atoms with E-state index in [0.717, 1.165) is 80.7 Å². The first-order chi connectivity index (χ1) is 21.6. The van der Waals surface area contributed by atoms with Gasteiger partial charge in [-0.1, -0.05) is 6.07 Å². The lowest BCUT2D eigenvalue weighted by atomic mass is 9.87. The van der Waals surface area contributed by atoms with Gasteiger partial charge < -0.3 is 19.1 Å². The molecule has 0 radical (unpaired) electrons. The molecule has 9 heterocycles. The predicted octanol–water partition coefficient (Wildman–Crippen LogP) is 3.09. The highest BCUT2D eigenvalue weighted by atomic mass is 16.5. The SMILES string of the molecule is COc1ccc(CN2C3CC2CN(c2ccc(-c4cc(OCCN5CC6COCC6C5)cn5ncc(C#N)c45)cn2)C3)cn1. The Hall–Kier alpha value is -4.24. The summed E-state index contributed by atoms with van der Waals surface area (Å²) in [4.78, 5) is 16.7. The average Bonchev–Trinajstić information content (AvgIpc) is 3.79. The number of ether oxygens (including phenoxy) is 3. The van der Waals surface area contributed by atoms with E-state index in [0.29, 0.717) is 42.0 Å². The third-order valence-electron chi connectivity index (χ3n) is 9.80. The van der Waals surface area contributed by atoms with E-state index < -0.39 is 0 Å². The van der Waals surface area contributed by atoms with Crippen LogP contribution in [0.3, 0.4) is 0 Å². The van der Waals surface area contributed by atoms with Crippen LogP contribution in [0.1, 0.15) is 17.5 Å². The summed E-state index contributed by atoms with van der Waals surface area (Å²) in [7, 11) is 1.64. The van der Waals surface area contributed by atoms with Crippen LogP contribution in [-0.4, -0.2) is 101 Å². The predicted molar refractivity (Wildman–Crippen MR) is 164 cm³/mol. The van der Waals surface area contributed by atoms with Crippen LogP contribution in [0.5, 0.6) is 11.6 Å². The van der Waals surface area contributed by atoms with Crippen LogP contribution in [-0.2, 0) is 11.3 Å². The number of pyridine rings is 3. The van der Waals surface area contributed by atoms with E-state index in [1.165, 1.54) is 12.0 Å². The number of nitrogens with zero attached hydrogens (tertiary/aromatic N) is 8. The first kappa shape index (κ1) is 27.3. The number of methoxy groups -OCH3 is 1.